The molecule has 1 N–H and O–H groups in total. The number of likely N-dealkylation sites (tertiary alicyclic amines) is 1. The zero-order valence-corrected chi connectivity index (χ0v) is 14.6. The molecule has 128 valence electrons. The molecule has 2 aliphatic rings. The number of benzene rings is 1. The van der Waals surface area contributed by atoms with Crippen LogP contribution in [0.4, 0.5) is 0 Å². The first-order valence-corrected chi connectivity index (χ1v) is 9.99. The summed E-state index contributed by atoms with van der Waals surface area (Å²) in [5.41, 5.74) is 0. The van der Waals surface area contributed by atoms with Gasteiger partial charge in [-0.2, -0.15) is 0 Å². The van der Waals surface area contributed by atoms with Crippen LogP contribution in [0.5, 0.6) is 0 Å². The molecule has 2 unspecified atom stereocenters. The van der Waals surface area contributed by atoms with E-state index in [4.69, 9.17) is 0 Å². The number of piperidine rings is 2. The van der Waals surface area contributed by atoms with Crippen LogP contribution in [0.15, 0.2) is 35.2 Å². The summed E-state index contributed by atoms with van der Waals surface area (Å²) in [6, 6.07) is 10.9. The molecule has 0 spiro atoms. The van der Waals surface area contributed by atoms with Gasteiger partial charge in [-0.1, -0.05) is 24.6 Å². The van der Waals surface area contributed by atoms with Crippen LogP contribution in [0, 0.1) is 0 Å². The molecule has 1 aromatic rings. The molecule has 2 atom stereocenters. The molecule has 0 aliphatic carbocycles. The summed E-state index contributed by atoms with van der Waals surface area (Å²) in [6.45, 7) is 3.25. The van der Waals surface area contributed by atoms with Crippen LogP contribution < -0.4 is 0 Å². The molecule has 0 aromatic heterocycles. The molecule has 2 saturated heterocycles. The highest BCUT2D eigenvalue weighted by Crippen LogP contribution is 2.28. The maximum atomic E-state index is 12.6. The lowest BCUT2D eigenvalue weighted by atomic mass is 9.94. The van der Waals surface area contributed by atoms with Gasteiger partial charge in [-0.25, -0.2) is 8.51 Å². The smallest absolute Gasteiger partial charge is 0.127 e. The number of hydrogen-bond donors (Lipinski definition) is 1. The van der Waals surface area contributed by atoms with Crippen LogP contribution in [0.3, 0.4) is 0 Å². The Morgan fingerprint density at radius 1 is 1.04 bits per heavy atom. The molecule has 3 rings (SSSR count). The first-order valence-electron chi connectivity index (χ1n) is 8.88. The maximum Gasteiger partial charge on any atom is 0.127 e. The van der Waals surface area contributed by atoms with Crippen molar-refractivity contribution >= 4 is 11.0 Å². The highest BCUT2D eigenvalue weighted by atomic mass is 32.2. The van der Waals surface area contributed by atoms with Gasteiger partial charge in [-0.15, -0.1) is 0 Å². The van der Waals surface area contributed by atoms with E-state index in [1.165, 1.54) is 19.3 Å². The minimum absolute atomic E-state index is 0.290. The zero-order valence-electron chi connectivity index (χ0n) is 13.8. The Labute approximate surface area is 142 Å². The zero-order chi connectivity index (χ0) is 16.1. The summed E-state index contributed by atoms with van der Waals surface area (Å²) >= 11 is 0. The Balaban J connectivity index is 1.56. The van der Waals surface area contributed by atoms with Crippen LogP contribution >= 0.6 is 0 Å². The highest BCUT2D eigenvalue weighted by molar-refractivity contribution is 7.82. The summed E-state index contributed by atoms with van der Waals surface area (Å²) in [6.07, 6.45) is 6.85. The van der Waals surface area contributed by atoms with Gasteiger partial charge in [0.1, 0.15) is 11.0 Å². The molecule has 5 heteroatoms. The fourth-order valence-corrected chi connectivity index (χ4v) is 5.22. The standard InChI is InChI=1S/C18H28N2O2S/c21-15-11-16-6-4-5-12-20(16)17-9-13-19(14-10-17)23(22)18-7-2-1-3-8-18/h1-3,7-8,16-17,21H,4-6,9-15H2. The van der Waals surface area contributed by atoms with E-state index in [0.717, 1.165) is 43.8 Å². The average molecular weight is 337 g/mol. The van der Waals surface area contributed by atoms with Crippen LogP contribution in [0.1, 0.15) is 38.5 Å². The molecule has 0 radical (unpaired) electrons. The molecule has 0 bridgehead atoms. The van der Waals surface area contributed by atoms with Gasteiger partial charge in [0.05, 0.1) is 4.90 Å². The van der Waals surface area contributed by atoms with E-state index >= 15 is 0 Å². The summed E-state index contributed by atoms with van der Waals surface area (Å²) in [4.78, 5) is 3.53. The van der Waals surface area contributed by atoms with Crippen molar-refractivity contribution in [1.29, 1.82) is 0 Å². The van der Waals surface area contributed by atoms with Gasteiger partial charge in [-0.3, -0.25) is 4.90 Å². The van der Waals surface area contributed by atoms with E-state index in [1.54, 1.807) is 0 Å². The van der Waals surface area contributed by atoms with Crippen LogP contribution in [-0.2, 0) is 11.0 Å². The lowest BCUT2D eigenvalue weighted by Gasteiger charge is -2.44. The van der Waals surface area contributed by atoms with Crippen LogP contribution in [0.2, 0.25) is 0 Å². The second-order valence-electron chi connectivity index (χ2n) is 6.62. The summed E-state index contributed by atoms with van der Waals surface area (Å²) < 4.78 is 14.7. The van der Waals surface area contributed by atoms with Crippen molar-refractivity contribution in [2.75, 3.05) is 26.2 Å². The summed E-state index contributed by atoms with van der Waals surface area (Å²) in [5, 5.41) is 9.30. The second-order valence-corrected chi connectivity index (χ2v) is 8.11. The van der Waals surface area contributed by atoms with Crippen molar-refractivity contribution in [2.24, 2.45) is 0 Å². The summed E-state index contributed by atoms with van der Waals surface area (Å²) in [5.74, 6) is 0. The number of aliphatic hydroxyl groups excluding tert-OH is 1. The van der Waals surface area contributed by atoms with E-state index in [2.05, 4.69) is 9.21 Å². The number of rotatable bonds is 5. The first kappa shape index (κ1) is 17.1. The normalized spacial score (nSPS) is 26.2. The summed E-state index contributed by atoms with van der Waals surface area (Å²) in [7, 11) is -1.03. The van der Waals surface area contributed by atoms with Crippen LogP contribution in [0.25, 0.3) is 0 Å². The van der Waals surface area contributed by atoms with E-state index in [-0.39, 0.29) is 6.61 Å². The Hall–Kier alpha value is -0.750. The Morgan fingerprint density at radius 2 is 1.78 bits per heavy atom. The predicted molar refractivity (Wildman–Crippen MR) is 93.5 cm³/mol. The minimum atomic E-state index is -1.03. The number of aliphatic hydroxyl groups is 1. The molecule has 23 heavy (non-hydrogen) atoms. The van der Waals surface area contributed by atoms with E-state index in [9.17, 15) is 9.32 Å². The van der Waals surface area contributed by atoms with Gasteiger partial charge < -0.3 is 5.11 Å². The number of hydrogen-bond acceptors (Lipinski definition) is 3. The monoisotopic (exact) mass is 336 g/mol. The quantitative estimate of drug-likeness (QED) is 0.898. The van der Waals surface area contributed by atoms with Crippen molar-refractivity contribution in [3.05, 3.63) is 30.3 Å². The molecule has 4 nitrogen and oxygen atoms in total. The lowest BCUT2D eigenvalue weighted by molar-refractivity contribution is 0.0523. The van der Waals surface area contributed by atoms with Crippen molar-refractivity contribution in [3.8, 4) is 0 Å². The fraction of sp³-hybridized carbons (Fsp3) is 0.667. The molecule has 2 heterocycles. The molecule has 0 saturated carbocycles. The predicted octanol–water partition coefficient (Wildman–Crippen LogP) is 2.41. The maximum absolute atomic E-state index is 12.6. The molecular formula is C18H28N2O2S. The van der Waals surface area contributed by atoms with E-state index < -0.39 is 11.0 Å². The fourth-order valence-electron chi connectivity index (χ4n) is 3.99. The largest absolute Gasteiger partial charge is 0.396 e. The van der Waals surface area contributed by atoms with E-state index in [0.29, 0.717) is 12.1 Å². The average Bonchev–Trinajstić information content (AvgIpc) is 2.63. The lowest BCUT2D eigenvalue weighted by Crippen LogP contribution is -2.51. The van der Waals surface area contributed by atoms with Crippen molar-refractivity contribution < 1.29 is 9.32 Å². The third-order valence-electron chi connectivity index (χ3n) is 5.21. The topological polar surface area (TPSA) is 43.8 Å². The van der Waals surface area contributed by atoms with E-state index in [1.807, 2.05) is 30.3 Å². The van der Waals surface area contributed by atoms with Crippen molar-refractivity contribution in [1.82, 2.24) is 9.21 Å². The number of nitrogens with zero attached hydrogens (tertiary/aromatic N) is 2. The van der Waals surface area contributed by atoms with Crippen LogP contribution in [-0.4, -0.2) is 56.8 Å². The van der Waals surface area contributed by atoms with Gasteiger partial charge in [0.2, 0.25) is 0 Å². The third-order valence-corrected chi connectivity index (χ3v) is 6.72. The SMILES string of the molecule is O=S(c1ccccc1)N1CCC(N2CCCCC2CCO)CC1. The highest BCUT2D eigenvalue weighted by Gasteiger charge is 2.32. The Kier molecular flexibility index (Phi) is 6.22. The van der Waals surface area contributed by atoms with Gasteiger partial charge >= 0.3 is 0 Å². The molecule has 2 fully saturated rings. The van der Waals surface area contributed by atoms with Gasteiger partial charge in [0.15, 0.2) is 0 Å². The minimum Gasteiger partial charge on any atom is -0.396 e. The van der Waals surface area contributed by atoms with Gasteiger partial charge in [-0.05, 0) is 50.8 Å². The van der Waals surface area contributed by atoms with Gasteiger partial charge in [0.25, 0.3) is 0 Å². The molecule has 1 aromatic carbocycles. The van der Waals surface area contributed by atoms with Gasteiger partial charge in [0, 0.05) is 31.8 Å². The molecular weight excluding hydrogens is 308 g/mol. The second kappa shape index (κ2) is 8.38. The molecule has 0 amide bonds. The van der Waals surface area contributed by atoms with Crippen molar-refractivity contribution in [2.45, 2.75) is 55.5 Å². The Morgan fingerprint density at radius 3 is 2.48 bits per heavy atom. The third kappa shape index (κ3) is 4.21. The first-order chi connectivity index (χ1) is 11.3. The Bertz CT molecular complexity index is 501. The van der Waals surface area contributed by atoms with Crippen molar-refractivity contribution in [3.63, 3.8) is 0 Å². The molecule has 2 aliphatic heterocycles.